The van der Waals surface area contributed by atoms with Crippen molar-refractivity contribution in [3.8, 4) is 46.0 Å². The number of hydrogen-bond donors (Lipinski definition) is 8. The minimum Gasteiger partial charge on any atom is -0.508 e. The molecule has 0 bridgehead atoms. The normalized spacial score (nSPS) is 16.7. The summed E-state index contributed by atoms with van der Waals surface area (Å²) in [6.07, 6.45) is 0.443. The van der Waals surface area contributed by atoms with Crippen LogP contribution in [-0.4, -0.2) is 40.9 Å². The van der Waals surface area contributed by atoms with Gasteiger partial charge in [0.25, 0.3) is 0 Å². The van der Waals surface area contributed by atoms with E-state index in [0.717, 1.165) is 0 Å². The summed E-state index contributed by atoms with van der Waals surface area (Å²) in [5.74, 6) is -3.05. The first kappa shape index (κ1) is 23.0. The average molecular weight is 488 g/mol. The lowest BCUT2D eigenvalue weighted by Gasteiger charge is -2.23. The van der Waals surface area contributed by atoms with Crippen LogP contribution in [0.1, 0.15) is 45.2 Å². The summed E-state index contributed by atoms with van der Waals surface area (Å²) < 4.78 is 0. The highest BCUT2D eigenvalue weighted by Gasteiger charge is 2.34. The molecule has 1 aliphatic carbocycles. The van der Waals surface area contributed by atoms with Crippen molar-refractivity contribution in [1.82, 2.24) is 0 Å². The van der Waals surface area contributed by atoms with Crippen LogP contribution < -0.4 is 0 Å². The van der Waals surface area contributed by atoms with E-state index >= 15 is 0 Å². The summed E-state index contributed by atoms with van der Waals surface area (Å²) >= 11 is 0. The summed E-state index contributed by atoms with van der Waals surface area (Å²) in [4.78, 5) is 0. The number of hydrogen-bond acceptors (Lipinski definition) is 8. The van der Waals surface area contributed by atoms with Gasteiger partial charge in [-0.05, 0) is 83.1 Å². The van der Waals surface area contributed by atoms with Gasteiger partial charge in [0.1, 0.15) is 23.0 Å². The van der Waals surface area contributed by atoms with Gasteiger partial charge in [-0.25, -0.2) is 0 Å². The second kappa shape index (κ2) is 8.49. The quantitative estimate of drug-likeness (QED) is 0.197. The first-order valence-corrected chi connectivity index (χ1v) is 11.2. The fraction of sp³-hybridized carbons (Fsp3) is 0.143. The second-order valence-electron chi connectivity index (χ2n) is 9.13. The SMILES string of the molecule is Oc1cc(O)cc(CC2c3cc(O)c(O)cc3C(c3ccc(O)c(O)c3)Cc3cc(O)cc(O)c32)c1. The summed E-state index contributed by atoms with van der Waals surface area (Å²) in [5.41, 5.74) is 3.38. The zero-order chi connectivity index (χ0) is 25.7. The summed E-state index contributed by atoms with van der Waals surface area (Å²) in [5, 5.41) is 82.1. The fourth-order valence-electron chi connectivity index (χ4n) is 5.23. The highest BCUT2D eigenvalue weighted by Crippen LogP contribution is 2.50. The molecule has 0 aliphatic heterocycles. The van der Waals surface area contributed by atoms with Crippen LogP contribution in [0.15, 0.2) is 60.7 Å². The summed E-state index contributed by atoms with van der Waals surface area (Å²) in [6, 6.07) is 14.1. The molecule has 0 saturated heterocycles. The van der Waals surface area contributed by atoms with E-state index in [2.05, 4.69) is 0 Å². The highest BCUT2D eigenvalue weighted by atomic mass is 16.3. The largest absolute Gasteiger partial charge is 0.508 e. The number of aromatic hydroxyl groups is 8. The first-order valence-electron chi connectivity index (χ1n) is 11.2. The second-order valence-corrected chi connectivity index (χ2v) is 9.13. The van der Waals surface area contributed by atoms with Crippen molar-refractivity contribution in [2.24, 2.45) is 0 Å². The van der Waals surface area contributed by atoms with E-state index in [1.165, 1.54) is 54.6 Å². The molecule has 0 heterocycles. The topological polar surface area (TPSA) is 162 Å². The molecule has 4 aromatic rings. The van der Waals surface area contributed by atoms with E-state index in [4.69, 9.17) is 0 Å². The van der Waals surface area contributed by atoms with Gasteiger partial charge in [-0.15, -0.1) is 0 Å². The zero-order valence-corrected chi connectivity index (χ0v) is 18.9. The number of phenols is 8. The Balaban J connectivity index is 1.79. The van der Waals surface area contributed by atoms with E-state index in [1.54, 1.807) is 6.07 Å². The fourth-order valence-corrected chi connectivity index (χ4v) is 5.23. The molecule has 1 aliphatic rings. The van der Waals surface area contributed by atoms with Gasteiger partial charge in [-0.3, -0.25) is 0 Å². The molecule has 36 heavy (non-hydrogen) atoms. The maximum Gasteiger partial charge on any atom is 0.157 e. The van der Waals surface area contributed by atoms with Crippen molar-refractivity contribution >= 4 is 0 Å². The lowest BCUT2D eigenvalue weighted by Crippen LogP contribution is -2.09. The molecule has 0 spiro atoms. The van der Waals surface area contributed by atoms with E-state index in [1.807, 2.05) is 0 Å². The number of fused-ring (bicyclic) bond motifs is 2. The Bertz CT molecular complexity index is 1470. The van der Waals surface area contributed by atoms with Crippen molar-refractivity contribution in [3.05, 3.63) is 94.0 Å². The highest BCUT2D eigenvalue weighted by molar-refractivity contribution is 5.61. The van der Waals surface area contributed by atoms with Crippen molar-refractivity contribution in [1.29, 1.82) is 0 Å². The molecule has 0 amide bonds. The van der Waals surface area contributed by atoms with Gasteiger partial charge in [0.15, 0.2) is 23.0 Å². The molecule has 2 unspecified atom stereocenters. The van der Waals surface area contributed by atoms with Crippen LogP contribution >= 0.6 is 0 Å². The predicted octanol–water partition coefficient (Wildman–Crippen LogP) is 4.39. The van der Waals surface area contributed by atoms with Crippen LogP contribution in [0, 0.1) is 0 Å². The smallest absolute Gasteiger partial charge is 0.157 e. The monoisotopic (exact) mass is 488 g/mol. The molecule has 8 nitrogen and oxygen atoms in total. The molecule has 0 radical (unpaired) electrons. The first-order chi connectivity index (χ1) is 17.1. The van der Waals surface area contributed by atoms with Crippen LogP contribution in [0.2, 0.25) is 0 Å². The molecule has 4 aromatic carbocycles. The van der Waals surface area contributed by atoms with E-state index in [9.17, 15) is 40.9 Å². The van der Waals surface area contributed by atoms with E-state index in [0.29, 0.717) is 33.4 Å². The molecular formula is C28H24O8. The number of benzene rings is 4. The van der Waals surface area contributed by atoms with Crippen molar-refractivity contribution in [2.45, 2.75) is 24.7 Å². The molecule has 5 rings (SSSR count). The van der Waals surface area contributed by atoms with Gasteiger partial charge in [0.2, 0.25) is 0 Å². The van der Waals surface area contributed by atoms with Crippen molar-refractivity contribution in [3.63, 3.8) is 0 Å². The molecule has 2 atom stereocenters. The number of phenolic OH excluding ortho intramolecular Hbond substituents is 8. The Morgan fingerprint density at radius 2 is 1.17 bits per heavy atom. The van der Waals surface area contributed by atoms with Gasteiger partial charge in [0, 0.05) is 29.5 Å². The van der Waals surface area contributed by atoms with Crippen molar-refractivity contribution < 1.29 is 40.9 Å². The third kappa shape index (κ3) is 4.02. The molecule has 8 heteroatoms. The Morgan fingerprint density at radius 3 is 1.83 bits per heavy atom. The van der Waals surface area contributed by atoms with Gasteiger partial charge < -0.3 is 40.9 Å². The molecule has 184 valence electrons. The Kier molecular flexibility index (Phi) is 5.44. The van der Waals surface area contributed by atoms with Crippen molar-refractivity contribution in [2.75, 3.05) is 0 Å². The van der Waals surface area contributed by atoms with Crippen LogP contribution in [0.25, 0.3) is 0 Å². The Labute approximate surface area is 205 Å². The zero-order valence-electron chi connectivity index (χ0n) is 18.9. The minimum absolute atomic E-state index is 0.139. The standard InChI is InChI=1S/C28H24O8/c29-16-3-13(4-17(30)9-16)5-22-21-12-26(35)25(34)11-20(21)19(14-1-2-23(32)24(33)8-14)7-15-6-18(31)10-27(36)28(15)22/h1-4,6,8-12,19,22,29-36H,5,7H2. The Hall–Kier alpha value is -4.72. The van der Waals surface area contributed by atoms with Crippen LogP contribution in [0.4, 0.5) is 0 Å². The third-order valence-corrected chi connectivity index (χ3v) is 6.74. The van der Waals surface area contributed by atoms with Gasteiger partial charge >= 0.3 is 0 Å². The van der Waals surface area contributed by atoms with Crippen LogP contribution in [0.5, 0.6) is 46.0 Å². The lowest BCUT2D eigenvalue weighted by atomic mass is 9.81. The molecule has 0 aromatic heterocycles. The molecule has 8 N–H and O–H groups in total. The lowest BCUT2D eigenvalue weighted by molar-refractivity contribution is 0.401. The summed E-state index contributed by atoms with van der Waals surface area (Å²) in [6.45, 7) is 0. The van der Waals surface area contributed by atoms with Gasteiger partial charge in [-0.2, -0.15) is 0 Å². The van der Waals surface area contributed by atoms with Gasteiger partial charge in [0.05, 0.1) is 0 Å². The van der Waals surface area contributed by atoms with Gasteiger partial charge in [-0.1, -0.05) is 6.07 Å². The van der Waals surface area contributed by atoms with Crippen LogP contribution in [-0.2, 0) is 12.8 Å². The van der Waals surface area contributed by atoms with E-state index < -0.39 is 11.8 Å². The molecule has 0 fully saturated rings. The van der Waals surface area contributed by atoms with E-state index in [-0.39, 0.29) is 58.8 Å². The molecule has 0 saturated carbocycles. The number of rotatable bonds is 3. The van der Waals surface area contributed by atoms with Crippen LogP contribution in [0.3, 0.4) is 0 Å². The minimum atomic E-state index is -0.612. The Morgan fingerprint density at radius 1 is 0.556 bits per heavy atom. The predicted molar refractivity (Wildman–Crippen MR) is 130 cm³/mol. The maximum atomic E-state index is 11.0. The third-order valence-electron chi connectivity index (χ3n) is 6.74. The maximum absolute atomic E-state index is 11.0. The summed E-state index contributed by atoms with van der Waals surface area (Å²) in [7, 11) is 0. The average Bonchev–Trinajstić information content (AvgIpc) is 2.90. The molecular weight excluding hydrogens is 464 g/mol.